The van der Waals surface area contributed by atoms with Crippen LogP contribution in [0.15, 0.2) is 60.9 Å². The molecule has 0 bridgehead atoms. The molecule has 1 aromatic carbocycles. The molecule has 4 heterocycles. The molecular formula is C23H23ClN4O2S. The number of thiocarbonyl (C=S) groups is 1. The predicted octanol–water partition coefficient (Wildman–Crippen LogP) is 4.60. The van der Waals surface area contributed by atoms with Crippen LogP contribution in [-0.4, -0.2) is 32.5 Å². The summed E-state index contributed by atoms with van der Waals surface area (Å²) in [5.74, 6) is 0.123. The summed E-state index contributed by atoms with van der Waals surface area (Å²) in [6.45, 7) is 1.59. The molecule has 2 aromatic heterocycles. The molecule has 0 amide bonds. The first-order valence-electron chi connectivity index (χ1n) is 10.4. The first-order valence-corrected chi connectivity index (χ1v) is 11.2. The van der Waals surface area contributed by atoms with Gasteiger partial charge in [0, 0.05) is 36.3 Å². The Morgan fingerprint density at radius 3 is 2.90 bits per heavy atom. The molecular weight excluding hydrogens is 432 g/mol. The van der Waals surface area contributed by atoms with Crippen LogP contribution in [0, 0.1) is 0 Å². The van der Waals surface area contributed by atoms with Gasteiger partial charge in [-0.3, -0.25) is 4.98 Å². The van der Waals surface area contributed by atoms with Gasteiger partial charge in [0.15, 0.2) is 5.11 Å². The lowest BCUT2D eigenvalue weighted by Gasteiger charge is -2.30. The fraction of sp³-hybridized carbons (Fsp3) is 0.304. The zero-order valence-electron chi connectivity index (χ0n) is 16.8. The fourth-order valence-electron chi connectivity index (χ4n) is 4.47. The maximum absolute atomic E-state index is 10.7. The number of hydrogen-bond donors (Lipinski definition) is 2. The second-order valence-electron chi connectivity index (χ2n) is 7.85. The molecule has 2 aliphatic rings. The zero-order valence-corrected chi connectivity index (χ0v) is 18.4. The Balaban J connectivity index is 1.60. The molecule has 0 unspecified atom stereocenters. The van der Waals surface area contributed by atoms with E-state index < -0.39 is 0 Å². The summed E-state index contributed by atoms with van der Waals surface area (Å²) in [5.41, 5.74) is 2.51. The zero-order chi connectivity index (χ0) is 21.4. The molecule has 0 radical (unpaired) electrons. The number of ether oxygens (including phenoxy) is 1. The highest BCUT2D eigenvalue weighted by Crippen LogP contribution is 2.45. The van der Waals surface area contributed by atoms with Gasteiger partial charge in [-0.05, 0) is 67.5 Å². The maximum Gasteiger partial charge on any atom is 0.174 e. The molecule has 0 saturated carbocycles. The van der Waals surface area contributed by atoms with Crippen molar-refractivity contribution in [3.8, 4) is 5.75 Å². The van der Waals surface area contributed by atoms with Gasteiger partial charge in [-0.2, -0.15) is 0 Å². The van der Waals surface area contributed by atoms with E-state index in [0.717, 1.165) is 37.4 Å². The number of hydrogen-bond acceptors (Lipinski definition) is 4. The van der Waals surface area contributed by atoms with E-state index in [1.54, 1.807) is 24.4 Å². The number of aromatic hydroxyl groups is 1. The van der Waals surface area contributed by atoms with E-state index in [1.807, 2.05) is 29.2 Å². The normalized spacial score (nSPS) is 23.3. The molecule has 2 N–H and O–H groups in total. The number of halogens is 1. The highest BCUT2D eigenvalue weighted by molar-refractivity contribution is 7.80. The number of nitrogens with zero attached hydrogens (tertiary/aromatic N) is 3. The number of benzene rings is 1. The van der Waals surface area contributed by atoms with Crippen LogP contribution in [0.5, 0.6) is 5.75 Å². The molecule has 0 spiro atoms. The van der Waals surface area contributed by atoms with E-state index in [1.165, 1.54) is 0 Å². The van der Waals surface area contributed by atoms with E-state index in [-0.39, 0.29) is 23.9 Å². The third-order valence-electron chi connectivity index (χ3n) is 5.89. The number of phenols is 1. The van der Waals surface area contributed by atoms with Crippen LogP contribution in [0.1, 0.15) is 36.3 Å². The number of rotatable bonds is 5. The lowest BCUT2D eigenvalue weighted by Crippen LogP contribution is -2.31. The van der Waals surface area contributed by atoms with Crippen molar-refractivity contribution in [1.82, 2.24) is 14.9 Å². The van der Waals surface area contributed by atoms with Crippen molar-refractivity contribution in [3.63, 3.8) is 0 Å². The molecule has 2 saturated heterocycles. The third kappa shape index (κ3) is 3.89. The Kier molecular flexibility index (Phi) is 5.56. The Hall–Kier alpha value is -2.61. The van der Waals surface area contributed by atoms with E-state index in [0.29, 0.717) is 15.8 Å². The average molecular weight is 455 g/mol. The number of anilines is 1. The standard InChI is InChI=1S/C23H23ClN4O2S/c24-15-8-9-20(29)19(13-15)28-22(21(26-23(28)31)17-6-1-2-10-25-17)18-7-3-11-27(18)14-16-5-4-12-30-16/h1-3,6-11,13,16,21-22,29H,4-5,12,14H2,(H,26,31)/t16-,21-,22+/m0/s1. The summed E-state index contributed by atoms with van der Waals surface area (Å²) in [6, 6.07) is 14.6. The van der Waals surface area contributed by atoms with Crippen LogP contribution in [0.2, 0.25) is 5.02 Å². The second-order valence-corrected chi connectivity index (χ2v) is 8.67. The smallest absolute Gasteiger partial charge is 0.174 e. The minimum absolute atomic E-state index is 0.123. The molecule has 3 atom stereocenters. The SMILES string of the molecule is Oc1ccc(Cl)cc1N1C(=S)N[C@@H](c2ccccn2)[C@H]1c1cccn1C[C@@H]1CCCO1. The minimum Gasteiger partial charge on any atom is -0.506 e. The molecule has 2 fully saturated rings. The predicted molar refractivity (Wildman–Crippen MR) is 124 cm³/mol. The van der Waals surface area contributed by atoms with Gasteiger partial charge in [-0.15, -0.1) is 0 Å². The maximum atomic E-state index is 10.7. The number of phenolic OH excluding ortho intramolecular Hbond substituents is 1. The highest BCUT2D eigenvalue weighted by atomic mass is 35.5. The fourth-order valence-corrected chi connectivity index (χ4v) is 4.98. The molecule has 8 heteroatoms. The van der Waals surface area contributed by atoms with Crippen molar-refractivity contribution < 1.29 is 9.84 Å². The van der Waals surface area contributed by atoms with Crippen molar-refractivity contribution in [2.45, 2.75) is 37.6 Å². The van der Waals surface area contributed by atoms with Crippen molar-refractivity contribution in [2.75, 3.05) is 11.5 Å². The number of aromatic nitrogens is 2. The molecule has 2 aliphatic heterocycles. The van der Waals surface area contributed by atoms with Gasteiger partial charge in [0.2, 0.25) is 0 Å². The molecule has 0 aliphatic carbocycles. The van der Waals surface area contributed by atoms with E-state index >= 15 is 0 Å². The lowest BCUT2D eigenvalue weighted by atomic mass is 10.0. The van der Waals surface area contributed by atoms with E-state index in [9.17, 15) is 5.11 Å². The van der Waals surface area contributed by atoms with Gasteiger partial charge < -0.3 is 24.6 Å². The summed E-state index contributed by atoms with van der Waals surface area (Å²) in [5, 5.41) is 15.1. The molecule has 6 nitrogen and oxygen atoms in total. The van der Waals surface area contributed by atoms with Crippen LogP contribution in [0.3, 0.4) is 0 Å². The lowest BCUT2D eigenvalue weighted by molar-refractivity contribution is 0.0961. The quantitative estimate of drug-likeness (QED) is 0.549. The van der Waals surface area contributed by atoms with E-state index in [2.05, 4.69) is 27.1 Å². The summed E-state index contributed by atoms with van der Waals surface area (Å²) < 4.78 is 8.10. The van der Waals surface area contributed by atoms with Crippen molar-refractivity contribution >= 4 is 34.6 Å². The van der Waals surface area contributed by atoms with Gasteiger partial charge in [0.1, 0.15) is 11.8 Å². The van der Waals surface area contributed by atoms with Crippen molar-refractivity contribution in [3.05, 3.63) is 77.3 Å². The van der Waals surface area contributed by atoms with Gasteiger partial charge in [0.05, 0.1) is 23.5 Å². The minimum atomic E-state index is -0.219. The van der Waals surface area contributed by atoms with Crippen molar-refractivity contribution in [1.29, 1.82) is 0 Å². The summed E-state index contributed by atoms with van der Waals surface area (Å²) in [4.78, 5) is 6.53. The van der Waals surface area contributed by atoms with Crippen LogP contribution in [-0.2, 0) is 11.3 Å². The number of nitrogens with one attached hydrogen (secondary N) is 1. The van der Waals surface area contributed by atoms with E-state index in [4.69, 9.17) is 28.6 Å². The molecule has 3 aromatic rings. The number of pyridine rings is 1. The van der Waals surface area contributed by atoms with Crippen LogP contribution < -0.4 is 10.2 Å². The van der Waals surface area contributed by atoms with Crippen LogP contribution in [0.4, 0.5) is 5.69 Å². The van der Waals surface area contributed by atoms with Crippen molar-refractivity contribution in [2.24, 2.45) is 0 Å². The van der Waals surface area contributed by atoms with Gasteiger partial charge in [0.25, 0.3) is 0 Å². The Labute approximate surface area is 191 Å². The van der Waals surface area contributed by atoms with Gasteiger partial charge >= 0.3 is 0 Å². The second kappa shape index (κ2) is 8.49. The first-order chi connectivity index (χ1) is 15.1. The topological polar surface area (TPSA) is 62.5 Å². The Morgan fingerprint density at radius 2 is 2.13 bits per heavy atom. The summed E-state index contributed by atoms with van der Waals surface area (Å²) in [7, 11) is 0. The largest absolute Gasteiger partial charge is 0.506 e. The average Bonchev–Trinajstić information content (AvgIpc) is 3.51. The van der Waals surface area contributed by atoms with Crippen LogP contribution >= 0.6 is 23.8 Å². The molecule has 5 rings (SSSR count). The summed E-state index contributed by atoms with van der Waals surface area (Å²) >= 11 is 12.0. The monoisotopic (exact) mass is 454 g/mol. The summed E-state index contributed by atoms with van der Waals surface area (Å²) in [6.07, 6.45) is 6.21. The molecule has 160 valence electrons. The highest BCUT2D eigenvalue weighted by Gasteiger charge is 2.43. The Morgan fingerprint density at radius 1 is 1.23 bits per heavy atom. The first kappa shape index (κ1) is 20.3. The van der Waals surface area contributed by atoms with Gasteiger partial charge in [-0.25, -0.2) is 0 Å². The Bertz CT molecular complexity index is 1080. The van der Waals surface area contributed by atoms with Gasteiger partial charge in [-0.1, -0.05) is 17.7 Å². The molecule has 31 heavy (non-hydrogen) atoms. The van der Waals surface area contributed by atoms with Crippen LogP contribution in [0.25, 0.3) is 0 Å². The third-order valence-corrected chi connectivity index (χ3v) is 6.44.